The SMILES string of the molecule is CSCOC(=O)/C(N)=C/C(=Nc1ccccc1C(F)(F)F)c1nnc(-c2cccc(S(C)(=O)=O)c2)o1. The van der Waals surface area contributed by atoms with E-state index in [4.69, 9.17) is 14.9 Å². The molecule has 190 valence electrons. The van der Waals surface area contributed by atoms with Gasteiger partial charge in [-0.25, -0.2) is 18.2 Å². The quantitative estimate of drug-likeness (QED) is 0.195. The topological polar surface area (TPSA) is 138 Å². The predicted molar refractivity (Wildman–Crippen MR) is 127 cm³/mol. The van der Waals surface area contributed by atoms with E-state index in [0.29, 0.717) is 0 Å². The number of sulfone groups is 1. The first-order chi connectivity index (χ1) is 16.9. The number of aromatic nitrogens is 2. The Kier molecular flexibility index (Phi) is 8.20. The summed E-state index contributed by atoms with van der Waals surface area (Å²) in [6, 6.07) is 10.1. The first-order valence-electron chi connectivity index (χ1n) is 9.92. The summed E-state index contributed by atoms with van der Waals surface area (Å²) in [5.74, 6) is -1.43. The number of para-hydroxylation sites is 1. The fourth-order valence-electron chi connectivity index (χ4n) is 2.79. The van der Waals surface area contributed by atoms with Gasteiger partial charge in [-0.15, -0.1) is 22.0 Å². The summed E-state index contributed by atoms with van der Waals surface area (Å²) in [6.45, 7) is 0. The molecule has 0 saturated heterocycles. The molecule has 0 fully saturated rings. The van der Waals surface area contributed by atoms with Crippen molar-refractivity contribution in [2.45, 2.75) is 11.1 Å². The van der Waals surface area contributed by atoms with Gasteiger partial charge in [-0.05, 0) is 42.7 Å². The van der Waals surface area contributed by atoms with Crippen LogP contribution in [0, 0.1) is 0 Å². The van der Waals surface area contributed by atoms with Gasteiger partial charge in [0.25, 0.3) is 5.89 Å². The zero-order chi connectivity index (χ0) is 26.5. The fourth-order valence-corrected chi connectivity index (χ4v) is 3.68. The molecule has 2 N–H and O–H groups in total. The van der Waals surface area contributed by atoms with Crippen LogP contribution in [-0.4, -0.2) is 48.7 Å². The van der Waals surface area contributed by atoms with Crippen LogP contribution >= 0.6 is 11.8 Å². The molecule has 1 heterocycles. The van der Waals surface area contributed by atoms with Gasteiger partial charge < -0.3 is 14.9 Å². The average Bonchev–Trinajstić information content (AvgIpc) is 3.31. The molecule has 1 aromatic heterocycles. The van der Waals surface area contributed by atoms with E-state index in [1.165, 1.54) is 48.2 Å². The molecule has 0 saturated carbocycles. The Morgan fingerprint density at radius 1 is 1.19 bits per heavy atom. The molecule has 0 aliphatic carbocycles. The standard InChI is InChI=1S/C22H19F3N4O5S2/c1-35-12-33-21(30)16(26)11-18(27-17-9-4-3-8-15(17)22(23,24)25)20-29-28-19(34-20)13-6-5-7-14(10-13)36(2,31)32/h3-11H,12,26H2,1-2H3/b16-11-,27-18?. The molecule has 3 rings (SSSR count). The molecule has 0 amide bonds. The molecule has 9 nitrogen and oxygen atoms in total. The zero-order valence-electron chi connectivity index (χ0n) is 18.8. The number of rotatable bonds is 8. The Balaban J connectivity index is 2.12. The highest BCUT2D eigenvalue weighted by atomic mass is 32.2. The molecule has 0 unspecified atom stereocenters. The Morgan fingerprint density at radius 3 is 2.58 bits per heavy atom. The van der Waals surface area contributed by atoms with Gasteiger partial charge in [0.05, 0.1) is 16.1 Å². The Morgan fingerprint density at radius 2 is 1.92 bits per heavy atom. The average molecular weight is 541 g/mol. The Bertz CT molecular complexity index is 1430. The predicted octanol–water partition coefficient (Wildman–Crippen LogP) is 3.99. The van der Waals surface area contributed by atoms with Gasteiger partial charge in [0.2, 0.25) is 5.89 Å². The summed E-state index contributed by atoms with van der Waals surface area (Å²) in [7, 11) is -3.53. The maximum Gasteiger partial charge on any atom is 0.418 e. The number of halogens is 3. The van der Waals surface area contributed by atoms with E-state index in [1.54, 1.807) is 6.26 Å². The number of carbonyl (C=O) groups excluding carboxylic acids is 1. The van der Waals surface area contributed by atoms with Crippen LogP contribution in [0.5, 0.6) is 0 Å². The van der Waals surface area contributed by atoms with Gasteiger partial charge in [-0.2, -0.15) is 13.2 Å². The number of nitrogens with two attached hydrogens (primary N) is 1. The second kappa shape index (κ2) is 11.0. The van der Waals surface area contributed by atoms with E-state index in [1.807, 2.05) is 0 Å². The van der Waals surface area contributed by atoms with Crippen molar-refractivity contribution in [3.05, 3.63) is 71.8 Å². The molecule has 0 radical (unpaired) electrons. The molecule has 0 spiro atoms. The maximum absolute atomic E-state index is 13.5. The second-order valence-corrected chi connectivity index (χ2v) is 9.99. The van der Waals surface area contributed by atoms with Gasteiger partial charge in [-0.3, -0.25) is 0 Å². The number of aliphatic imine (C=N–C) groups is 1. The van der Waals surface area contributed by atoms with Crippen LogP contribution in [-0.2, 0) is 25.5 Å². The maximum atomic E-state index is 13.5. The number of thioether (sulfide) groups is 1. The first-order valence-corrected chi connectivity index (χ1v) is 13.2. The highest BCUT2D eigenvalue weighted by Crippen LogP contribution is 2.36. The number of alkyl halides is 3. The number of hydrogen-bond acceptors (Lipinski definition) is 10. The summed E-state index contributed by atoms with van der Waals surface area (Å²) in [6.07, 6.45) is -1.05. The van der Waals surface area contributed by atoms with E-state index >= 15 is 0 Å². The lowest BCUT2D eigenvalue weighted by Crippen LogP contribution is -2.17. The third-order valence-corrected chi connectivity index (χ3v) is 5.90. The minimum atomic E-state index is -4.72. The van der Waals surface area contributed by atoms with Crippen molar-refractivity contribution in [1.29, 1.82) is 0 Å². The van der Waals surface area contributed by atoms with Gasteiger partial charge in [0.15, 0.2) is 9.84 Å². The molecular formula is C22H19F3N4O5S2. The molecule has 2 aromatic carbocycles. The lowest BCUT2D eigenvalue weighted by Gasteiger charge is -2.10. The molecule has 36 heavy (non-hydrogen) atoms. The largest absolute Gasteiger partial charge is 0.450 e. The smallest absolute Gasteiger partial charge is 0.418 e. The van der Waals surface area contributed by atoms with Crippen LogP contribution in [0.4, 0.5) is 18.9 Å². The molecule has 0 bridgehead atoms. The first kappa shape index (κ1) is 26.9. The minimum absolute atomic E-state index is 0.00185. The summed E-state index contributed by atoms with van der Waals surface area (Å²) >= 11 is 1.21. The molecule has 0 aliphatic heterocycles. The number of ether oxygens (including phenoxy) is 1. The van der Waals surface area contributed by atoms with Gasteiger partial charge >= 0.3 is 12.1 Å². The second-order valence-electron chi connectivity index (χ2n) is 7.16. The van der Waals surface area contributed by atoms with Crippen LogP contribution in [0.3, 0.4) is 0 Å². The summed E-state index contributed by atoms with van der Waals surface area (Å²) in [4.78, 5) is 16.1. The minimum Gasteiger partial charge on any atom is -0.450 e. The van der Waals surface area contributed by atoms with Gasteiger partial charge in [0.1, 0.15) is 17.3 Å². The number of carbonyl (C=O) groups is 1. The molecular weight excluding hydrogens is 521 g/mol. The van der Waals surface area contributed by atoms with E-state index in [-0.39, 0.29) is 33.9 Å². The summed E-state index contributed by atoms with van der Waals surface area (Å²) < 4.78 is 74.7. The number of allylic oxidation sites excluding steroid dienone is 1. The van der Waals surface area contributed by atoms with E-state index in [0.717, 1.165) is 24.5 Å². The highest BCUT2D eigenvalue weighted by molar-refractivity contribution is 7.98. The van der Waals surface area contributed by atoms with Gasteiger partial charge in [0, 0.05) is 11.8 Å². The number of esters is 1. The highest BCUT2D eigenvalue weighted by Gasteiger charge is 2.33. The molecule has 0 aliphatic rings. The Hall–Kier alpha value is -3.65. The third-order valence-electron chi connectivity index (χ3n) is 4.44. The Labute approximate surface area is 208 Å². The van der Waals surface area contributed by atoms with Crippen molar-refractivity contribution in [3.63, 3.8) is 0 Å². The van der Waals surface area contributed by atoms with Crippen molar-refractivity contribution in [2.75, 3.05) is 18.5 Å². The number of nitrogens with zero attached hydrogens (tertiary/aromatic N) is 3. The van der Waals surface area contributed by atoms with Crippen molar-refractivity contribution in [1.82, 2.24) is 10.2 Å². The van der Waals surface area contributed by atoms with Gasteiger partial charge in [-0.1, -0.05) is 18.2 Å². The lowest BCUT2D eigenvalue weighted by atomic mass is 10.1. The van der Waals surface area contributed by atoms with Crippen LogP contribution in [0.1, 0.15) is 11.5 Å². The van der Waals surface area contributed by atoms with E-state index in [2.05, 4.69) is 15.2 Å². The third kappa shape index (κ3) is 6.73. The van der Waals surface area contributed by atoms with E-state index in [9.17, 15) is 26.4 Å². The van der Waals surface area contributed by atoms with Crippen LogP contribution in [0.15, 0.2) is 74.6 Å². The van der Waals surface area contributed by atoms with Crippen LogP contribution in [0.2, 0.25) is 0 Å². The summed E-state index contributed by atoms with van der Waals surface area (Å²) in [5.41, 5.74) is 3.68. The van der Waals surface area contributed by atoms with Crippen molar-refractivity contribution in [2.24, 2.45) is 10.7 Å². The van der Waals surface area contributed by atoms with Crippen LogP contribution < -0.4 is 5.73 Å². The molecule has 14 heteroatoms. The number of hydrogen-bond donors (Lipinski definition) is 1. The molecule has 3 aromatic rings. The van der Waals surface area contributed by atoms with Crippen LogP contribution in [0.25, 0.3) is 11.5 Å². The van der Waals surface area contributed by atoms with E-state index < -0.39 is 38.9 Å². The zero-order valence-corrected chi connectivity index (χ0v) is 20.4. The van der Waals surface area contributed by atoms with Crippen molar-refractivity contribution < 1.29 is 35.5 Å². The molecule has 0 atom stereocenters. The summed E-state index contributed by atoms with van der Waals surface area (Å²) in [5, 5.41) is 7.65. The van der Waals surface area contributed by atoms with Crippen molar-refractivity contribution >= 4 is 39.0 Å². The normalized spacial score (nSPS) is 13.0. The lowest BCUT2D eigenvalue weighted by molar-refractivity contribution is -0.137. The van der Waals surface area contributed by atoms with Crippen molar-refractivity contribution in [3.8, 4) is 11.5 Å². The fraction of sp³-hybridized carbons (Fsp3) is 0.182. The number of benzene rings is 2. The monoisotopic (exact) mass is 540 g/mol.